The number of rotatable bonds is 9. The average Bonchev–Trinajstić information content (AvgIpc) is 3.05. The highest BCUT2D eigenvalue weighted by Crippen LogP contribution is 2.23. The molecule has 0 saturated carbocycles. The first-order valence-corrected chi connectivity index (χ1v) is 8.99. The second-order valence-electron chi connectivity index (χ2n) is 4.99. The second-order valence-corrected chi connectivity index (χ2v) is 6.34. The molecule has 0 aliphatic heterocycles. The third kappa shape index (κ3) is 7.03. The fourth-order valence-corrected chi connectivity index (χ4v) is 2.65. The summed E-state index contributed by atoms with van der Waals surface area (Å²) >= 11 is 7.60. The van der Waals surface area contributed by atoms with Crippen LogP contribution in [-0.4, -0.2) is 17.6 Å². The van der Waals surface area contributed by atoms with Gasteiger partial charge in [0.25, 0.3) is 6.01 Å². The van der Waals surface area contributed by atoms with E-state index in [4.69, 9.17) is 16.0 Å². The lowest BCUT2D eigenvalue weighted by Gasteiger charge is -2.03. The van der Waals surface area contributed by atoms with Crippen LogP contribution in [0.4, 0.5) is 11.7 Å². The summed E-state index contributed by atoms with van der Waals surface area (Å²) in [6, 6.07) is 8.43. The van der Waals surface area contributed by atoms with Crippen molar-refractivity contribution >= 4 is 40.6 Å². The summed E-state index contributed by atoms with van der Waals surface area (Å²) in [7, 11) is 1.75. The zero-order valence-corrected chi connectivity index (χ0v) is 15.6. The maximum Gasteiger partial charge on any atom is 0.299 e. The van der Waals surface area contributed by atoms with Crippen LogP contribution in [0.15, 0.2) is 80.7 Å². The summed E-state index contributed by atoms with van der Waals surface area (Å²) in [5, 5.41) is 3.84. The Morgan fingerprint density at radius 1 is 1.48 bits per heavy atom. The van der Waals surface area contributed by atoms with E-state index in [1.165, 1.54) is 0 Å². The van der Waals surface area contributed by atoms with Crippen LogP contribution in [-0.2, 0) is 6.42 Å². The van der Waals surface area contributed by atoms with Gasteiger partial charge in [-0.1, -0.05) is 47.7 Å². The predicted molar refractivity (Wildman–Crippen MR) is 108 cm³/mol. The Morgan fingerprint density at radius 3 is 3.16 bits per heavy atom. The molecule has 1 aromatic carbocycles. The molecule has 2 aromatic rings. The number of aromatic nitrogens is 1. The van der Waals surface area contributed by atoms with Crippen LogP contribution in [0.5, 0.6) is 0 Å². The minimum Gasteiger partial charge on any atom is -0.428 e. The van der Waals surface area contributed by atoms with Crippen molar-refractivity contribution in [1.29, 1.82) is 0 Å². The predicted octanol–water partition coefficient (Wildman–Crippen LogP) is 5.97. The normalized spacial score (nSPS) is 12.2. The van der Waals surface area contributed by atoms with Gasteiger partial charge in [-0.15, -0.1) is 6.58 Å². The molecule has 130 valence electrons. The van der Waals surface area contributed by atoms with E-state index in [1.54, 1.807) is 36.6 Å². The summed E-state index contributed by atoms with van der Waals surface area (Å²) < 4.78 is 5.69. The molecule has 25 heavy (non-hydrogen) atoms. The first-order valence-electron chi connectivity index (χ1n) is 7.73. The molecule has 0 amide bonds. The van der Waals surface area contributed by atoms with Crippen LogP contribution < -0.4 is 5.32 Å². The molecule has 0 bridgehead atoms. The molecular weight excluding hydrogens is 354 g/mol. The number of nitrogens with one attached hydrogen (secondary N) is 1. The molecule has 6 heteroatoms. The molecule has 0 radical (unpaired) electrons. The molecule has 2 rings (SSSR count). The molecule has 1 N–H and O–H groups in total. The van der Waals surface area contributed by atoms with Gasteiger partial charge in [-0.05, 0) is 30.7 Å². The molecule has 0 unspecified atom stereocenters. The quantitative estimate of drug-likeness (QED) is 0.193. The van der Waals surface area contributed by atoms with E-state index in [9.17, 15) is 0 Å². The molecule has 4 nitrogen and oxygen atoms in total. The fraction of sp³-hybridized carbons (Fsp3) is 0.158. The summed E-state index contributed by atoms with van der Waals surface area (Å²) in [4.78, 5) is 9.30. The number of allylic oxidation sites excluding steroid dienone is 5. The van der Waals surface area contributed by atoms with Crippen LogP contribution in [0, 0.1) is 0 Å². The number of thioether (sulfide) groups is 1. The van der Waals surface area contributed by atoms with E-state index in [0.29, 0.717) is 17.5 Å². The van der Waals surface area contributed by atoms with Gasteiger partial charge in [0.1, 0.15) is 5.76 Å². The Kier molecular flexibility index (Phi) is 8.09. The van der Waals surface area contributed by atoms with Gasteiger partial charge in [0.2, 0.25) is 0 Å². The number of hydrogen-bond donors (Lipinski definition) is 1. The molecule has 0 spiro atoms. The smallest absolute Gasteiger partial charge is 0.299 e. The lowest BCUT2D eigenvalue weighted by molar-refractivity contribution is 0.534. The van der Waals surface area contributed by atoms with Crippen LogP contribution in [0.25, 0.3) is 0 Å². The van der Waals surface area contributed by atoms with E-state index in [2.05, 4.69) is 21.9 Å². The monoisotopic (exact) mass is 373 g/mol. The summed E-state index contributed by atoms with van der Waals surface area (Å²) in [5.41, 5.74) is 2.71. The Morgan fingerprint density at radius 2 is 2.36 bits per heavy atom. The molecule has 1 aromatic heterocycles. The van der Waals surface area contributed by atoms with Crippen molar-refractivity contribution in [2.75, 3.05) is 12.4 Å². The van der Waals surface area contributed by atoms with Crippen LogP contribution in [0.3, 0.4) is 0 Å². The number of benzene rings is 1. The van der Waals surface area contributed by atoms with Gasteiger partial charge >= 0.3 is 0 Å². The Hall–Kier alpha value is -2.24. The molecular formula is C19H20ClN3OS. The lowest BCUT2D eigenvalue weighted by Crippen LogP contribution is -1.89. The number of halogens is 1. The molecule has 0 aliphatic carbocycles. The molecule has 1 heterocycles. The van der Waals surface area contributed by atoms with Gasteiger partial charge in [0.05, 0.1) is 11.7 Å². The maximum atomic E-state index is 6.05. The highest BCUT2D eigenvalue weighted by Gasteiger charge is 2.04. The van der Waals surface area contributed by atoms with Crippen LogP contribution in [0.1, 0.15) is 12.2 Å². The van der Waals surface area contributed by atoms with E-state index in [-0.39, 0.29) is 0 Å². The number of anilines is 2. The van der Waals surface area contributed by atoms with Gasteiger partial charge in [-0.25, -0.2) is 4.98 Å². The fourth-order valence-electron chi connectivity index (χ4n) is 1.90. The van der Waals surface area contributed by atoms with Crippen LogP contribution >= 0.6 is 23.4 Å². The van der Waals surface area contributed by atoms with Gasteiger partial charge in [-0.2, -0.15) is 0 Å². The number of aliphatic imine (C=N–C) groups is 1. The summed E-state index contributed by atoms with van der Waals surface area (Å²) in [6.07, 6.45) is 10.6. The SMILES string of the molecule is C=CC/C=C(Cl)\C=C/Cc1cnc(Nc2cccc(SC=NC)c2)o1. The topological polar surface area (TPSA) is 50.4 Å². The molecule has 0 fully saturated rings. The molecule has 0 atom stereocenters. The number of hydrogen-bond acceptors (Lipinski definition) is 5. The average molecular weight is 374 g/mol. The standard InChI is InChI=1S/C19H20ClN3OS/c1-3-4-7-15(20)8-5-10-17-13-22-19(24-17)23-16-9-6-11-18(12-16)25-14-21-2/h3,5-9,11-14H,1,4,10H2,2H3,(H,22,23)/b8-5-,15-7+,21-14?. The minimum atomic E-state index is 0.461. The number of nitrogens with zero attached hydrogens (tertiary/aromatic N) is 2. The van der Waals surface area contributed by atoms with E-state index >= 15 is 0 Å². The molecule has 0 saturated heterocycles. The minimum absolute atomic E-state index is 0.461. The largest absolute Gasteiger partial charge is 0.428 e. The lowest BCUT2D eigenvalue weighted by atomic mass is 10.3. The first-order chi connectivity index (χ1) is 12.2. The Balaban J connectivity index is 1.93. The highest BCUT2D eigenvalue weighted by molar-refractivity contribution is 8.12. The zero-order chi connectivity index (χ0) is 17.9. The molecule has 0 aliphatic rings. The van der Waals surface area contributed by atoms with E-state index in [1.807, 2.05) is 42.5 Å². The van der Waals surface area contributed by atoms with Crippen molar-refractivity contribution in [3.8, 4) is 0 Å². The first kappa shape index (κ1) is 19.1. The summed E-state index contributed by atoms with van der Waals surface area (Å²) in [6.45, 7) is 3.65. The third-order valence-corrected chi connectivity index (χ3v) is 4.13. The van der Waals surface area contributed by atoms with Gasteiger partial charge < -0.3 is 9.73 Å². The summed E-state index contributed by atoms with van der Waals surface area (Å²) in [5.74, 6) is 0.760. The Bertz CT molecular complexity index is 780. The Labute approximate surface area is 157 Å². The highest BCUT2D eigenvalue weighted by atomic mass is 35.5. The van der Waals surface area contributed by atoms with Crippen molar-refractivity contribution in [2.45, 2.75) is 17.7 Å². The van der Waals surface area contributed by atoms with Gasteiger partial charge in [-0.3, -0.25) is 4.99 Å². The van der Waals surface area contributed by atoms with Crippen molar-refractivity contribution < 1.29 is 4.42 Å². The van der Waals surface area contributed by atoms with E-state index in [0.717, 1.165) is 22.8 Å². The third-order valence-electron chi connectivity index (χ3n) is 3.01. The van der Waals surface area contributed by atoms with E-state index < -0.39 is 0 Å². The van der Waals surface area contributed by atoms with Crippen molar-refractivity contribution in [2.24, 2.45) is 4.99 Å². The van der Waals surface area contributed by atoms with Gasteiger partial charge in [0.15, 0.2) is 0 Å². The maximum absolute atomic E-state index is 6.05. The van der Waals surface area contributed by atoms with Crippen molar-refractivity contribution in [3.05, 3.63) is 72.1 Å². The second kappa shape index (κ2) is 10.6. The van der Waals surface area contributed by atoms with Crippen molar-refractivity contribution in [3.63, 3.8) is 0 Å². The van der Waals surface area contributed by atoms with Gasteiger partial charge in [0, 0.05) is 29.1 Å². The zero-order valence-electron chi connectivity index (χ0n) is 14.0. The number of oxazole rings is 1. The van der Waals surface area contributed by atoms with Crippen LogP contribution in [0.2, 0.25) is 0 Å². The van der Waals surface area contributed by atoms with Crippen molar-refractivity contribution in [1.82, 2.24) is 4.98 Å².